The molecule has 0 aromatic heterocycles. The van der Waals surface area contributed by atoms with Gasteiger partial charge in [-0.3, -0.25) is 9.59 Å². The minimum atomic E-state index is -1.48. The fourth-order valence-corrected chi connectivity index (χ4v) is 3.71. The molecule has 0 unspecified atom stereocenters. The molecule has 1 fully saturated rings. The summed E-state index contributed by atoms with van der Waals surface area (Å²) < 4.78 is 11.0. The first kappa shape index (κ1) is 21.6. The van der Waals surface area contributed by atoms with Gasteiger partial charge in [-0.1, -0.05) is 42.0 Å². The first-order valence-corrected chi connectivity index (χ1v) is 10.00. The predicted octanol–water partition coefficient (Wildman–Crippen LogP) is 4.58. The lowest BCUT2D eigenvalue weighted by Crippen LogP contribution is -2.58. The number of carbonyl (C=O) groups is 2. The number of esters is 1. The largest absolute Gasteiger partial charge is 0.497 e. The molecule has 1 atom stereocenters. The molecule has 3 rings (SSSR count). The van der Waals surface area contributed by atoms with Crippen molar-refractivity contribution >= 4 is 17.6 Å². The lowest BCUT2D eigenvalue weighted by atomic mass is 9.71. The second-order valence-electron chi connectivity index (χ2n) is 8.79. The van der Waals surface area contributed by atoms with Crippen LogP contribution in [-0.2, 0) is 19.7 Å². The molecule has 1 saturated heterocycles. The third-order valence-corrected chi connectivity index (χ3v) is 5.18. The van der Waals surface area contributed by atoms with Crippen molar-refractivity contribution in [3.8, 4) is 5.75 Å². The number of rotatable bonds is 4. The highest BCUT2D eigenvalue weighted by molar-refractivity contribution is 6.16. The summed E-state index contributed by atoms with van der Waals surface area (Å²) in [6.07, 6.45) is 0.219. The Balaban J connectivity index is 2.13. The van der Waals surface area contributed by atoms with E-state index < -0.39 is 17.0 Å². The summed E-state index contributed by atoms with van der Waals surface area (Å²) in [5.74, 6) is -0.166. The predicted molar refractivity (Wildman–Crippen MR) is 118 cm³/mol. The number of piperidine rings is 1. The molecule has 0 bridgehead atoms. The Morgan fingerprint density at radius 1 is 1.07 bits per heavy atom. The van der Waals surface area contributed by atoms with Crippen LogP contribution in [0.2, 0.25) is 0 Å². The van der Waals surface area contributed by atoms with Crippen LogP contribution >= 0.6 is 0 Å². The zero-order valence-corrected chi connectivity index (χ0v) is 18.3. The van der Waals surface area contributed by atoms with Crippen LogP contribution in [0.3, 0.4) is 0 Å². The zero-order valence-electron chi connectivity index (χ0n) is 18.3. The summed E-state index contributed by atoms with van der Waals surface area (Å²) >= 11 is 0. The van der Waals surface area contributed by atoms with Crippen LogP contribution < -0.4 is 9.64 Å². The number of benzene rings is 2. The van der Waals surface area contributed by atoms with Gasteiger partial charge in [0.1, 0.15) is 11.4 Å². The second kappa shape index (κ2) is 7.98. The normalized spacial score (nSPS) is 19.6. The van der Waals surface area contributed by atoms with E-state index in [2.05, 4.69) is 6.58 Å². The standard InChI is InChI=1S/C25H29NO4/c1-17-7-9-19(10-8-17)25(23(28)30-24(3,4)5)15-18(2)16-26(22(25)27)20-11-13-21(29-6)14-12-20/h7-14H,2,15-16H2,1,3-6H3/t25-/m0/s1. The molecule has 0 radical (unpaired) electrons. The van der Waals surface area contributed by atoms with Crippen molar-refractivity contribution in [1.82, 2.24) is 0 Å². The van der Waals surface area contributed by atoms with Crippen molar-refractivity contribution in [3.05, 3.63) is 71.8 Å². The minimum absolute atomic E-state index is 0.219. The summed E-state index contributed by atoms with van der Waals surface area (Å²) in [5, 5.41) is 0. The van der Waals surface area contributed by atoms with Crippen molar-refractivity contribution in [1.29, 1.82) is 0 Å². The van der Waals surface area contributed by atoms with Gasteiger partial charge >= 0.3 is 5.97 Å². The van der Waals surface area contributed by atoms with Crippen molar-refractivity contribution in [2.75, 3.05) is 18.6 Å². The van der Waals surface area contributed by atoms with Crippen molar-refractivity contribution in [2.45, 2.75) is 45.1 Å². The summed E-state index contributed by atoms with van der Waals surface area (Å²) in [4.78, 5) is 29.0. The molecule has 0 aliphatic carbocycles. The smallest absolute Gasteiger partial charge is 0.327 e. The molecule has 5 heteroatoms. The highest BCUT2D eigenvalue weighted by Crippen LogP contribution is 2.41. The number of amides is 1. The van der Waals surface area contributed by atoms with Crippen molar-refractivity contribution < 1.29 is 19.1 Å². The van der Waals surface area contributed by atoms with Crippen LogP contribution in [-0.4, -0.2) is 31.1 Å². The molecular weight excluding hydrogens is 378 g/mol. The average Bonchev–Trinajstić information content (AvgIpc) is 2.69. The molecular formula is C25H29NO4. The second-order valence-corrected chi connectivity index (χ2v) is 8.79. The molecule has 2 aromatic rings. The van der Waals surface area contributed by atoms with Gasteiger partial charge in [-0.2, -0.15) is 0 Å². The van der Waals surface area contributed by atoms with E-state index in [1.165, 1.54) is 0 Å². The van der Waals surface area contributed by atoms with Crippen molar-refractivity contribution in [2.24, 2.45) is 0 Å². The van der Waals surface area contributed by atoms with E-state index in [0.717, 1.165) is 11.1 Å². The molecule has 1 heterocycles. The molecule has 1 aliphatic heterocycles. The Hall–Kier alpha value is -3.08. The van der Waals surface area contributed by atoms with Gasteiger partial charge in [0.25, 0.3) is 0 Å². The van der Waals surface area contributed by atoms with E-state index >= 15 is 0 Å². The summed E-state index contributed by atoms with van der Waals surface area (Å²) in [5.41, 5.74) is 0.937. The molecule has 2 aromatic carbocycles. The first-order chi connectivity index (χ1) is 14.1. The van der Waals surface area contributed by atoms with E-state index in [0.29, 0.717) is 23.5 Å². The van der Waals surface area contributed by atoms with E-state index in [4.69, 9.17) is 9.47 Å². The quantitative estimate of drug-likeness (QED) is 0.423. The number of hydrogen-bond acceptors (Lipinski definition) is 4. The number of carbonyl (C=O) groups excluding carboxylic acids is 2. The molecule has 158 valence electrons. The van der Waals surface area contributed by atoms with E-state index in [9.17, 15) is 9.59 Å². The molecule has 0 N–H and O–H groups in total. The summed E-state index contributed by atoms with van der Waals surface area (Å²) in [6.45, 7) is 11.9. The van der Waals surface area contributed by atoms with Crippen LogP contribution in [0.25, 0.3) is 0 Å². The van der Waals surface area contributed by atoms with Crippen LogP contribution in [0.15, 0.2) is 60.7 Å². The van der Waals surface area contributed by atoms with Gasteiger partial charge in [0.05, 0.1) is 7.11 Å². The number of anilines is 1. The van der Waals surface area contributed by atoms with Crippen LogP contribution in [0.1, 0.15) is 38.3 Å². The topological polar surface area (TPSA) is 55.8 Å². The number of aryl methyl sites for hydroxylation is 1. The van der Waals surface area contributed by atoms with Gasteiger partial charge in [-0.25, -0.2) is 0 Å². The maximum atomic E-state index is 13.9. The number of hydrogen-bond donors (Lipinski definition) is 0. The Morgan fingerprint density at radius 3 is 2.20 bits per heavy atom. The SMILES string of the molecule is C=C1CN(c2ccc(OC)cc2)C(=O)[C@@](C(=O)OC(C)(C)C)(c2ccc(C)cc2)C1. The molecule has 30 heavy (non-hydrogen) atoms. The summed E-state index contributed by atoms with van der Waals surface area (Å²) in [6, 6.07) is 14.7. The molecule has 1 aliphatic rings. The highest BCUT2D eigenvalue weighted by Gasteiger charge is 2.54. The molecule has 5 nitrogen and oxygen atoms in total. The van der Waals surface area contributed by atoms with Crippen LogP contribution in [0, 0.1) is 6.92 Å². The van der Waals surface area contributed by atoms with Gasteiger partial charge in [-0.05, 0) is 63.9 Å². The Labute approximate surface area is 178 Å². The maximum absolute atomic E-state index is 13.9. The molecule has 1 amide bonds. The van der Waals surface area contributed by atoms with Gasteiger partial charge < -0.3 is 14.4 Å². The maximum Gasteiger partial charge on any atom is 0.327 e. The first-order valence-electron chi connectivity index (χ1n) is 10.00. The lowest BCUT2D eigenvalue weighted by molar-refractivity contribution is -0.165. The zero-order chi connectivity index (χ0) is 22.1. The Morgan fingerprint density at radius 2 is 1.67 bits per heavy atom. The molecule has 0 spiro atoms. The average molecular weight is 408 g/mol. The van der Waals surface area contributed by atoms with E-state index in [1.807, 2.05) is 43.3 Å². The van der Waals surface area contributed by atoms with Crippen molar-refractivity contribution in [3.63, 3.8) is 0 Å². The monoisotopic (exact) mass is 407 g/mol. The lowest BCUT2D eigenvalue weighted by Gasteiger charge is -2.42. The van der Waals surface area contributed by atoms with Gasteiger partial charge in [-0.15, -0.1) is 0 Å². The fourth-order valence-electron chi connectivity index (χ4n) is 3.71. The number of ether oxygens (including phenoxy) is 2. The van der Waals surface area contributed by atoms with Gasteiger partial charge in [0, 0.05) is 12.2 Å². The Bertz CT molecular complexity index is 954. The van der Waals surface area contributed by atoms with E-state index in [1.54, 1.807) is 44.9 Å². The van der Waals surface area contributed by atoms with Gasteiger partial charge in [0.15, 0.2) is 5.41 Å². The minimum Gasteiger partial charge on any atom is -0.497 e. The van der Waals surface area contributed by atoms with E-state index in [-0.39, 0.29) is 12.3 Å². The number of nitrogens with zero attached hydrogens (tertiary/aromatic N) is 1. The fraction of sp³-hybridized carbons (Fsp3) is 0.360. The highest BCUT2D eigenvalue weighted by atomic mass is 16.6. The summed E-state index contributed by atoms with van der Waals surface area (Å²) in [7, 11) is 1.59. The van der Waals surface area contributed by atoms with Crippen LogP contribution in [0.5, 0.6) is 5.75 Å². The number of methoxy groups -OCH3 is 1. The molecule has 0 saturated carbocycles. The van der Waals surface area contributed by atoms with Gasteiger partial charge in [0.2, 0.25) is 5.91 Å². The third kappa shape index (κ3) is 4.11. The Kier molecular flexibility index (Phi) is 5.75. The third-order valence-electron chi connectivity index (χ3n) is 5.18. The van der Waals surface area contributed by atoms with Crippen LogP contribution in [0.4, 0.5) is 5.69 Å².